The minimum Gasteiger partial charge on any atom is -0.475 e. The van der Waals surface area contributed by atoms with Crippen molar-refractivity contribution in [3.8, 4) is 11.3 Å². The van der Waals surface area contributed by atoms with Crippen LogP contribution in [0.15, 0.2) is 67.4 Å². The van der Waals surface area contributed by atoms with Gasteiger partial charge in [0, 0.05) is 63.1 Å². The molecule has 0 unspecified atom stereocenters. The van der Waals surface area contributed by atoms with E-state index < -0.39 is 24.3 Å². The van der Waals surface area contributed by atoms with E-state index in [-0.39, 0.29) is 5.82 Å². The molecule has 1 aliphatic heterocycles. The Labute approximate surface area is 238 Å². The van der Waals surface area contributed by atoms with Gasteiger partial charge in [-0.1, -0.05) is 12.1 Å². The van der Waals surface area contributed by atoms with Crippen LogP contribution in [0.4, 0.5) is 36.6 Å². The average molecular weight is 616 g/mol. The molecule has 0 amide bonds. The molecule has 4 aromatic rings. The number of aromatic nitrogens is 4. The molecule has 0 radical (unpaired) electrons. The van der Waals surface area contributed by atoms with Crippen molar-refractivity contribution in [3.05, 3.63) is 78.8 Å². The Balaban J connectivity index is 0.000000303. The van der Waals surface area contributed by atoms with Crippen LogP contribution in [0, 0.1) is 5.82 Å². The Hall–Kier alpha value is -4.80. The number of piperazine rings is 1. The molecule has 0 atom stereocenters. The van der Waals surface area contributed by atoms with Crippen molar-refractivity contribution >= 4 is 23.4 Å². The largest absolute Gasteiger partial charge is 0.490 e. The van der Waals surface area contributed by atoms with E-state index in [1.54, 1.807) is 6.20 Å². The summed E-state index contributed by atoms with van der Waals surface area (Å²) in [6.07, 6.45) is -0.904. The van der Waals surface area contributed by atoms with E-state index in [1.807, 2.05) is 49.1 Å². The summed E-state index contributed by atoms with van der Waals surface area (Å²) in [6, 6.07) is 10.7. The maximum absolute atomic E-state index is 13.1. The van der Waals surface area contributed by atoms with Crippen LogP contribution in [0.5, 0.6) is 0 Å². The quantitative estimate of drug-likeness (QED) is 0.319. The average Bonchev–Trinajstić information content (AvgIpc) is 3.39. The Bertz CT molecular complexity index is 1480. The lowest BCUT2D eigenvalue weighted by molar-refractivity contribution is -0.193. The summed E-state index contributed by atoms with van der Waals surface area (Å²) in [6.45, 7) is 4.44. The number of alkyl halides is 6. The van der Waals surface area contributed by atoms with E-state index in [0.29, 0.717) is 0 Å². The van der Waals surface area contributed by atoms with Crippen molar-refractivity contribution in [2.75, 3.05) is 31.1 Å². The molecular weight excluding hydrogens is 593 g/mol. The summed E-state index contributed by atoms with van der Waals surface area (Å²) < 4.78 is 78.6. The second-order valence-electron chi connectivity index (χ2n) is 8.83. The smallest absolute Gasteiger partial charge is 0.475 e. The summed E-state index contributed by atoms with van der Waals surface area (Å²) in [4.78, 5) is 35.9. The highest BCUT2D eigenvalue weighted by Gasteiger charge is 2.38. The topological polar surface area (TPSA) is 124 Å². The molecule has 0 bridgehead atoms. The predicted molar refractivity (Wildman–Crippen MR) is 137 cm³/mol. The minimum absolute atomic E-state index is 0.192. The second kappa shape index (κ2) is 13.9. The minimum atomic E-state index is -5.08. The molecule has 43 heavy (non-hydrogen) atoms. The molecule has 17 heteroatoms. The van der Waals surface area contributed by atoms with Gasteiger partial charge in [-0.2, -0.15) is 26.3 Å². The molecule has 1 aromatic carbocycles. The third kappa shape index (κ3) is 9.35. The number of rotatable bonds is 4. The Morgan fingerprint density at radius 2 is 1.40 bits per heavy atom. The van der Waals surface area contributed by atoms with Crippen molar-refractivity contribution in [1.29, 1.82) is 0 Å². The first-order chi connectivity index (χ1) is 20.2. The number of fused-ring (bicyclic) bond motifs is 1. The number of aliphatic carboxylic acids is 2. The lowest BCUT2D eigenvalue weighted by Gasteiger charge is -2.35. The third-order valence-electron chi connectivity index (χ3n) is 5.84. The highest BCUT2D eigenvalue weighted by Crippen LogP contribution is 2.25. The molecule has 1 saturated heterocycles. The number of hydrogen-bond donors (Lipinski definition) is 2. The predicted octanol–water partition coefficient (Wildman–Crippen LogP) is 4.52. The van der Waals surface area contributed by atoms with Gasteiger partial charge in [0.15, 0.2) is 11.5 Å². The first-order valence-electron chi connectivity index (χ1n) is 12.2. The molecule has 2 N–H and O–H groups in total. The maximum Gasteiger partial charge on any atom is 0.490 e. The standard InChI is InChI=1S/C22H21FN6.2C2HF3O2/c23-19-5-3-17(4-6-19)16-27-10-12-28(13-11-27)21-22-26-15-20(29(22)9-8-25-21)18-2-1-7-24-14-18;2*3-2(4,5)1(6)7/h1-9,14-15H,10-13,16H2;2*(H,6,7). The van der Waals surface area contributed by atoms with E-state index in [4.69, 9.17) is 19.8 Å². The zero-order valence-electron chi connectivity index (χ0n) is 21.9. The SMILES string of the molecule is Fc1ccc(CN2CCN(c3nccn4c(-c5cccnc5)cnc34)CC2)cc1.O=C(O)C(F)(F)F.O=C(O)C(F)(F)F. The molecule has 3 aromatic heterocycles. The van der Waals surface area contributed by atoms with Crippen molar-refractivity contribution in [2.24, 2.45) is 0 Å². The summed E-state index contributed by atoms with van der Waals surface area (Å²) in [5, 5.41) is 14.2. The van der Waals surface area contributed by atoms with Crippen LogP contribution in [0.3, 0.4) is 0 Å². The van der Waals surface area contributed by atoms with Crippen LogP contribution in [0.2, 0.25) is 0 Å². The van der Waals surface area contributed by atoms with E-state index >= 15 is 0 Å². The molecule has 0 spiro atoms. The normalized spacial score (nSPS) is 13.9. The highest BCUT2D eigenvalue weighted by molar-refractivity contribution is 5.73. The van der Waals surface area contributed by atoms with Gasteiger partial charge in [-0.25, -0.2) is 23.9 Å². The fourth-order valence-electron chi connectivity index (χ4n) is 3.82. The van der Waals surface area contributed by atoms with Crippen LogP contribution in [0.25, 0.3) is 16.9 Å². The molecule has 1 aliphatic rings. The molecule has 0 aliphatic carbocycles. The van der Waals surface area contributed by atoms with Gasteiger partial charge in [0.1, 0.15) is 5.82 Å². The van der Waals surface area contributed by atoms with Gasteiger partial charge < -0.3 is 15.1 Å². The van der Waals surface area contributed by atoms with E-state index in [1.165, 1.54) is 12.1 Å². The summed E-state index contributed by atoms with van der Waals surface area (Å²) in [7, 11) is 0. The van der Waals surface area contributed by atoms with Gasteiger partial charge >= 0.3 is 24.3 Å². The van der Waals surface area contributed by atoms with E-state index in [9.17, 15) is 30.7 Å². The Kier molecular flexibility index (Phi) is 10.6. The summed E-state index contributed by atoms with van der Waals surface area (Å²) >= 11 is 0. The maximum atomic E-state index is 13.1. The van der Waals surface area contributed by atoms with Gasteiger partial charge in [-0.05, 0) is 29.8 Å². The van der Waals surface area contributed by atoms with E-state index in [2.05, 4.69) is 29.2 Å². The molecule has 4 heterocycles. The molecule has 10 nitrogen and oxygen atoms in total. The number of hydrogen-bond acceptors (Lipinski definition) is 7. The van der Waals surface area contributed by atoms with E-state index in [0.717, 1.165) is 61.0 Å². The number of nitrogens with zero attached hydrogens (tertiary/aromatic N) is 6. The number of carbonyl (C=O) groups is 2. The number of carboxylic acids is 2. The molecule has 1 fully saturated rings. The van der Waals surface area contributed by atoms with Crippen molar-refractivity contribution < 1.29 is 50.5 Å². The van der Waals surface area contributed by atoms with Gasteiger partial charge in [0.05, 0.1) is 11.9 Å². The molecule has 0 saturated carbocycles. The summed E-state index contributed by atoms with van der Waals surface area (Å²) in [5.74, 6) is -4.80. The first kappa shape index (κ1) is 32.7. The zero-order chi connectivity index (χ0) is 31.8. The number of carboxylic acid groups (broad SMARTS) is 2. The number of halogens is 7. The Morgan fingerprint density at radius 1 is 0.814 bits per heavy atom. The zero-order valence-corrected chi connectivity index (χ0v) is 21.9. The number of imidazole rings is 1. The van der Waals surface area contributed by atoms with Crippen LogP contribution in [-0.2, 0) is 16.1 Å². The van der Waals surface area contributed by atoms with Crippen molar-refractivity contribution in [1.82, 2.24) is 24.3 Å². The summed E-state index contributed by atoms with van der Waals surface area (Å²) in [5.41, 5.74) is 4.03. The molecule has 230 valence electrons. The second-order valence-corrected chi connectivity index (χ2v) is 8.83. The van der Waals surface area contributed by atoms with Gasteiger partial charge in [-0.15, -0.1) is 0 Å². The van der Waals surface area contributed by atoms with Crippen LogP contribution >= 0.6 is 0 Å². The third-order valence-corrected chi connectivity index (χ3v) is 5.84. The van der Waals surface area contributed by atoms with Gasteiger partial charge in [-0.3, -0.25) is 14.3 Å². The fraction of sp³-hybridized carbons (Fsp3) is 0.269. The molecular formula is C26H23F7N6O4. The Morgan fingerprint density at radius 3 is 1.91 bits per heavy atom. The van der Waals surface area contributed by atoms with Crippen molar-refractivity contribution in [3.63, 3.8) is 0 Å². The first-order valence-corrected chi connectivity index (χ1v) is 12.2. The lowest BCUT2D eigenvalue weighted by atomic mass is 10.2. The molecule has 5 rings (SSSR count). The highest BCUT2D eigenvalue weighted by atomic mass is 19.4. The van der Waals surface area contributed by atoms with Crippen LogP contribution in [-0.4, -0.2) is 84.9 Å². The van der Waals surface area contributed by atoms with Crippen LogP contribution in [0.1, 0.15) is 5.56 Å². The number of pyridine rings is 1. The monoisotopic (exact) mass is 616 g/mol. The number of benzene rings is 1. The van der Waals surface area contributed by atoms with Gasteiger partial charge in [0.25, 0.3) is 0 Å². The lowest BCUT2D eigenvalue weighted by Crippen LogP contribution is -2.46. The van der Waals surface area contributed by atoms with Gasteiger partial charge in [0.2, 0.25) is 0 Å². The fourth-order valence-corrected chi connectivity index (χ4v) is 3.82. The number of anilines is 1. The van der Waals surface area contributed by atoms with Crippen LogP contribution < -0.4 is 4.90 Å². The van der Waals surface area contributed by atoms with Crippen molar-refractivity contribution in [2.45, 2.75) is 18.9 Å².